The van der Waals surface area contributed by atoms with Crippen molar-refractivity contribution < 1.29 is 14.2 Å². The maximum absolute atomic E-state index is 5.42. The number of aromatic nitrogens is 2. The summed E-state index contributed by atoms with van der Waals surface area (Å²) in [5.74, 6) is 2.98. The summed E-state index contributed by atoms with van der Waals surface area (Å²) in [5, 5.41) is 3.24. The largest absolute Gasteiger partial charge is 0.493 e. The Labute approximate surface area is 171 Å². The SMILES string of the molecule is COc1cc(Nc2nc(C)cc(N(C)Cc3ccccc3)n2)cc(OC)c1OC. The van der Waals surface area contributed by atoms with Crippen LogP contribution in [0, 0.1) is 6.92 Å². The van der Waals surface area contributed by atoms with Gasteiger partial charge in [0.15, 0.2) is 11.5 Å². The first-order valence-corrected chi connectivity index (χ1v) is 9.21. The van der Waals surface area contributed by atoms with Gasteiger partial charge in [-0.1, -0.05) is 30.3 Å². The average molecular weight is 394 g/mol. The molecule has 0 aliphatic heterocycles. The van der Waals surface area contributed by atoms with E-state index in [9.17, 15) is 0 Å². The third kappa shape index (κ3) is 4.87. The van der Waals surface area contributed by atoms with Crippen molar-refractivity contribution in [2.24, 2.45) is 0 Å². The highest BCUT2D eigenvalue weighted by Gasteiger charge is 2.14. The van der Waals surface area contributed by atoms with Crippen molar-refractivity contribution in [1.82, 2.24) is 9.97 Å². The van der Waals surface area contributed by atoms with Gasteiger partial charge in [-0.15, -0.1) is 0 Å². The standard InChI is InChI=1S/C22H26N4O3/c1-15-11-20(26(2)14-16-9-7-6-8-10-16)25-22(23-15)24-17-12-18(27-3)21(29-5)19(13-17)28-4/h6-13H,14H2,1-5H3,(H,23,24,25). The Kier molecular flexibility index (Phi) is 6.39. The Morgan fingerprint density at radius 3 is 2.14 bits per heavy atom. The van der Waals surface area contributed by atoms with Crippen LogP contribution in [0.5, 0.6) is 17.2 Å². The van der Waals surface area contributed by atoms with Crippen LogP contribution in [-0.2, 0) is 6.54 Å². The fourth-order valence-electron chi connectivity index (χ4n) is 3.02. The highest BCUT2D eigenvalue weighted by atomic mass is 16.5. The normalized spacial score (nSPS) is 10.4. The molecule has 1 aromatic heterocycles. The topological polar surface area (TPSA) is 68.7 Å². The van der Waals surface area contributed by atoms with Crippen LogP contribution >= 0.6 is 0 Å². The average Bonchev–Trinajstić information content (AvgIpc) is 2.73. The molecule has 0 radical (unpaired) electrons. The van der Waals surface area contributed by atoms with Crippen LogP contribution in [0.25, 0.3) is 0 Å². The molecule has 0 fully saturated rings. The molecular formula is C22H26N4O3. The van der Waals surface area contributed by atoms with Crippen molar-refractivity contribution in [3.63, 3.8) is 0 Å². The van der Waals surface area contributed by atoms with E-state index in [0.29, 0.717) is 23.2 Å². The molecule has 0 aliphatic rings. The van der Waals surface area contributed by atoms with E-state index in [-0.39, 0.29) is 0 Å². The molecule has 0 spiro atoms. The molecule has 0 saturated heterocycles. The first-order valence-electron chi connectivity index (χ1n) is 9.21. The highest BCUT2D eigenvalue weighted by Crippen LogP contribution is 2.40. The minimum Gasteiger partial charge on any atom is -0.493 e. The summed E-state index contributed by atoms with van der Waals surface area (Å²) < 4.78 is 16.2. The van der Waals surface area contributed by atoms with Gasteiger partial charge in [-0.2, -0.15) is 4.98 Å². The summed E-state index contributed by atoms with van der Waals surface area (Å²) in [6.45, 7) is 2.70. The van der Waals surface area contributed by atoms with Gasteiger partial charge in [-0.25, -0.2) is 4.98 Å². The third-order valence-corrected chi connectivity index (χ3v) is 4.42. The van der Waals surface area contributed by atoms with E-state index in [1.807, 2.05) is 50.4 Å². The fraction of sp³-hybridized carbons (Fsp3) is 0.273. The first-order chi connectivity index (χ1) is 14.0. The van der Waals surface area contributed by atoms with Crippen LogP contribution in [0.3, 0.4) is 0 Å². The fourth-order valence-corrected chi connectivity index (χ4v) is 3.02. The molecule has 152 valence electrons. The summed E-state index contributed by atoms with van der Waals surface area (Å²) in [7, 11) is 6.76. The Hall–Kier alpha value is -3.48. The lowest BCUT2D eigenvalue weighted by molar-refractivity contribution is 0.324. The lowest BCUT2D eigenvalue weighted by atomic mass is 10.2. The predicted octanol–water partition coefficient (Wildman–Crippen LogP) is 4.19. The van der Waals surface area contributed by atoms with Gasteiger partial charge in [-0.3, -0.25) is 0 Å². The van der Waals surface area contributed by atoms with Gasteiger partial charge < -0.3 is 24.4 Å². The molecule has 0 aliphatic carbocycles. The van der Waals surface area contributed by atoms with E-state index in [1.165, 1.54) is 5.56 Å². The van der Waals surface area contributed by atoms with Crippen molar-refractivity contribution >= 4 is 17.5 Å². The van der Waals surface area contributed by atoms with E-state index in [4.69, 9.17) is 14.2 Å². The summed E-state index contributed by atoms with van der Waals surface area (Å²) in [4.78, 5) is 11.3. The number of hydrogen-bond donors (Lipinski definition) is 1. The second kappa shape index (κ2) is 9.14. The molecule has 7 nitrogen and oxygen atoms in total. The molecule has 0 atom stereocenters. The van der Waals surface area contributed by atoms with Gasteiger partial charge in [-0.05, 0) is 12.5 Å². The number of nitrogens with zero attached hydrogens (tertiary/aromatic N) is 3. The number of rotatable bonds is 8. The molecule has 2 aromatic carbocycles. The van der Waals surface area contributed by atoms with E-state index >= 15 is 0 Å². The van der Waals surface area contributed by atoms with E-state index < -0.39 is 0 Å². The number of hydrogen-bond acceptors (Lipinski definition) is 7. The summed E-state index contributed by atoms with van der Waals surface area (Å²) in [5.41, 5.74) is 2.82. The zero-order valence-electron chi connectivity index (χ0n) is 17.4. The highest BCUT2D eigenvalue weighted by molar-refractivity contribution is 5.66. The van der Waals surface area contributed by atoms with Crippen molar-refractivity contribution in [3.8, 4) is 17.2 Å². The summed E-state index contributed by atoms with van der Waals surface area (Å²) >= 11 is 0. The molecule has 3 aromatic rings. The second-order valence-electron chi connectivity index (χ2n) is 6.57. The smallest absolute Gasteiger partial charge is 0.229 e. The van der Waals surface area contributed by atoms with Crippen LogP contribution in [0.4, 0.5) is 17.5 Å². The number of ether oxygens (including phenoxy) is 3. The Balaban J connectivity index is 1.87. The van der Waals surface area contributed by atoms with Crippen molar-refractivity contribution in [1.29, 1.82) is 0 Å². The Bertz CT molecular complexity index is 939. The molecule has 1 N–H and O–H groups in total. The molecule has 0 unspecified atom stereocenters. The van der Waals surface area contributed by atoms with Crippen LogP contribution in [0.2, 0.25) is 0 Å². The van der Waals surface area contributed by atoms with Crippen LogP contribution in [-0.4, -0.2) is 38.3 Å². The molecule has 3 rings (SSSR count). The van der Waals surface area contributed by atoms with Crippen molar-refractivity contribution in [2.75, 3.05) is 38.6 Å². The van der Waals surface area contributed by atoms with Gasteiger partial charge >= 0.3 is 0 Å². The van der Waals surface area contributed by atoms with E-state index in [0.717, 1.165) is 23.7 Å². The number of nitrogens with one attached hydrogen (secondary N) is 1. The monoisotopic (exact) mass is 394 g/mol. The molecular weight excluding hydrogens is 368 g/mol. The van der Waals surface area contributed by atoms with Crippen molar-refractivity contribution in [2.45, 2.75) is 13.5 Å². The van der Waals surface area contributed by atoms with Crippen LogP contribution in [0.15, 0.2) is 48.5 Å². The number of anilines is 3. The van der Waals surface area contributed by atoms with Gasteiger partial charge in [0, 0.05) is 43.2 Å². The van der Waals surface area contributed by atoms with Gasteiger partial charge in [0.1, 0.15) is 5.82 Å². The van der Waals surface area contributed by atoms with Crippen LogP contribution in [0.1, 0.15) is 11.3 Å². The maximum atomic E-state index is 5.42. The number of aryl methyl sites for hydroxylation is 1. The molecule has 7 heteroatoms. The zero-order valence-corrected chi connectivity index (χ0v) is 17.4. The lowest BCUT2D eigenvalue weighted by Gasteiger charge is -2.20. The van der Waals surface area contributed by atoms with E-state index in [2.05, 4.69) is 32.3 Å². The molecule has 0 bridgehead atoms. The second-order valence-corrected chi connectivity index (χ2v) is 6.57. The molecule has 0 amide bonds. The predicted molar refractivity (Wildman–Crippen MR) is 115 cm³/mol. The third-order valence-electron chi connectivity index (χ3n) is 4.42. The van der Waals surface area contributed by atoms with E-state index in [1.54, 1.807) is 21.3 Å². The number of methoxy groups -OCH3 is 3. The number of benzene rings is 2. The van der Waals surface area contributed by atoms with Gasteiger partial charge in [0.25, 0.3) is 0 Å². The van der Waals surface area contributed by atoms with Gasteiger partial charge in [0.2, 0.25) is 11.7 Å². The van der Waals surface area contributed by atoms with Crippen molar-refractivity contribution in [3.05, 3.63) is 59.8 Å². The lowest BCUT2D eigenvalue weighted by Crippen LogP contribution is -2.18. The quantitative estimate of drug-likeness (QED) is 0.614. The Morgan fingerprint density at radius 2 is 1.55 bits per heavy atom. The zero-order chi connectivity index (χ0) is 20.8. The first kappa shape index (κ1) is 20.3. The van der Waals surface area contributed by atoms with Crippen LogP contribution < -0.4 is 24.4 Å². The Morgan fingerprint density at radius 1 is 0.897 bits per heavy atom. The minimum absolute atomic E-state index is 0.495. The molecule has 1 heterocycles. The molecule has 0 saturated carbocycles. The molecule has 29 heavy (non-hydrogen) atoms. The maximum Gasteiger partial charge on any atom is 0.229 e. The van der Waals surface area contributed by atoms with Gasteiger partial charge in [0.05, 0.1) is 21.3 Å². The summed E-state index contributed by atoms with van der Waals surface area (Å²) in [6, 6.07) is 15.9. The minimum atomic E-state index is 0.495. The summed E-state index contributed by atoms with van der Waals surface area (Å²) in [6.07, 6.45) is 0.